The second-order valence-electron chi connectivity index (χ2n) is 4.43. The normalized spacial score (nSPS) is 14.1. The summed E-state index contributed by atoms with van der Waals surface area (Å²) in [6.07, 6.45) is 6.78. The van der Waals surface area contributed by atoms with Gasteiger partial charge >= 0.3 is 0 Å². The molecule has 0 aromatic rings. The lowest BCUT2D eigenvalue weighted by atomic mass is 9.93. The molecule has 0 amide bonds. The number of hydrogen-bond acceptors (Lipinski definition) is 3. The number of hydrogen-bond donors (Lipinski definition) is 0. The summed E-state index contributed by atoms with van der Waals surface area (Å²) in [5, 5.41) is 0. The van der Waals surface area contributed by atoms with Crippen LogP contribution in [0.1, 0.15) is 53.9 Å². The Morgan fingerprint density at radius 1 is 1.06 bits per heavy atom. The minimum Gasteiger partial charge on any atom is -0.502 e. The molecular weight excluding hydrogens is 228 g/mol. The molecule has 0 radical (unpaired) electrons. The van der Waals surface area contributed by atoms with Crippen molar-refractivity contribution < 1.29 is 14.2 Å². The quantitative estimate of drug-likeness (QED) is 0.317. The first-order valence-corrected chi connectivity index (χ1v) is 7.19. The molecule has 0 aromatic carbocycles. The van der Waals surface area contributed by atoms with Crippen LogP contribution < -0.4 is 0 Å². The van der Waals surface area contributed by atoms with Crippen LogP contribution in [0.5, 0.6) is 0 Å². The van der Waals surface area contributed by atoms with Gasteiger partial charge in [0.05, 0.1) is 12.9 Å². The van der Waals surface area contributed by atoms with Gasteiger partial charge in [-0.3, -0.25) is 0 Å². The summed E-state index contributed by atoms with van der Waals surface area (Å²) in [4.78, 5) is 0. The smallest absolute Gasteiger partial charge is 0.168 e. The molecular formula is C15H30O3. The molecule has 0 heterocycles. The molecule has 108 valence electrons. The van der Waals surface area contributed by atoms with Crippen molar-refractivity contribution in [1.29, 1.82) is 0 Å². The van der Waals surface area contributed by atoms with Gasteiger partial charge in [-0.1, -0.05) is 19.9 Å². The highest BCUT2D eigenvalue weighted by Crippen LogP contribution is 2.29. The third-order valence-electron chi connectivity index (χ3n) is 3.11. The lowest BCUT2D eigenvalue weighted by molar-refractivity contribution is -0.254. The standard InChI is InChI=1S/C15H30O3/c1-6-10-12-16-13-11-14(7-2)15(5,17-8-3)18-9-4/h10,12,14H,6-9,11,13H2,1-5H3. The van der Waals surface area contributed by atoms with E-state index in [9.17, 15) is 0 Å². The van der Waals surface area contributed by atoms with Gasteiger partial charge < -0.3 is 14.2 Å². The van der Waals surface area contributed by atoms with E-state index in [2.05, 4.69) is 13.8 Å². The number of rotatable bonds is 11. The van der Waals surface area contributed by atoms with Gasteiger partial charge in [-0.05, 0) is 40.0 Å². The maximum atomic E-state index is 5.81. The Bertz CT molecular complexity index is 208. The summed E-state index contributed by atoms with van der Waals surface area (Å²) in [5.74, 6) is -0.136. The van der Waals surface area contributed by atoms with Crippen molar-refractivity contribution in [2.45, 2.75) is 59.7 Å². The molecule has 0 aromatic heterocycles. The van der Waals surface area contributed by atoms with E-state index in [1.165, 1.54) is 0 Å². The van der Waals surface area contributed by atoms with Crippen LogP contribution in [-0.2, 0) is 14.2 Å². The highest BCUT2D eigenvalue weighted by molar-refractivity contribution is 4.76. The maximum absolute atomic E-state index is 5.81. The fourth-order valence-corrected chi connectivity index (χ4v) is 2.13. The molecule has 0 saturated carbocycles. The topological polar surface area (TPSA) is 27.7 Å². The van der Waals surface area contributed by atoms with Crippen molar-refractivity contribution in [3.05, 3.63) is 12.3 Å². The third-order valence-corrected chi connectivity index (χ3v) is 3.11. The predicted octanol–water partition coefficient (Wildman–Crippen LogP) is 4.13. The summed E-state index contributed by atoms with van der Waals surface area (Å²) in [6.45, 7) is 12.4. The molecule has 3 heteroatoms. The van der Waals surface area contributed by atoms with Gasteiger partial charge in [0.2, 0.25) is 0 Å². The zero-order valence-electron chi connectivity index (χ0n) is 12.7. The van der Waals surface area contributed by atoms with E-state index in [-0.39, 0.29) is 0 Å². The van der Waals surface area contributed by atoms with E-state index >= 15 is 0 Å². The second-order valence-corrected chi connectivity index (χ2v) is 4.43. The van der Waals surface area contributed by atoms with Crippen LogP contribution >= 0.6 is 0 Å². The van der Waals surface area contributed by atoms with Gasteiger partial charge in [-0.2, -0.15) is 0 Å². The van der Waals surface area contributed by atoms with E-state index in [4.69, 9.17) is 14.2 Å². The van der Waals surface area contributed by atoms with Crippen molar-refractivity contribution >= 4 is 0 Å². The van der Waals surface area contributed by atoms with Crippen LogP contribution in [0.4, 0.5) is 0 Å². The molecule has 0 saturated heterocycles. The minimum absolute atomic E-state index is 0.354. The zero-order valence-corrected chi connectivity index (χ0v) is 12.7. The molecule has 0 N–H and O–H groups in total. The van der Waals surface area contributed by atoms with Gasteiger partial charge in [-0.15, -0.1) is 0 Å². The fraction of sp³-hybridized carbons (Fsp3) is 0.867. The molecule has 3 nitrogen and oxygen atoms in total. The Morgan fingerprint density at radius 2 is 1.67 bits per heavy atom. The molecule has 0 aliphatic heterocycles. The monoisotopic (exact) mass is 258 g/mol. The molecule has 0 bridgehead atoms. The van der Waals surface area contributed by atoms with Crippen molar-refractivity contribution in [3.8, 4) is 0 Å². The summed E-state index contributed by atoms with van der Waals surface area (Å²) < 4.78 is 17.1. The van der Waals surface area contributed by atoms with Crippen LogP contribution in [0.2, 0.25) is 0 Å². The molecule has 18 heavy (non-hydrogen) atoms. The Morgan fingerprint density at radius 3 is 2.11 bits per heavy atom. The molecule has 0 fully saturated rings. The minimum atomic E-state index is -0.490. The Hall–Kier alpha value is -0.540. The van der Waals surface area contributed by atoms with E-state index in [1.807, 2.05) is 26.8 Å². The first-order valence-electron chi connectivity index (χ1n) is 7.19. The van der Waals surface area contributed by atoms with Crippen molar-refractivity contribution in [2.24, 2.45) is 5.92 Å². The summed E-state index contributed by atoms with van der Waals surface area (Å²) >= 11 is 0. The lowest BCUT2D eigenvalue weighted by Crippen LogP contribution is -2.41. The molecule has 0 spiro atoms. The number of allylic oxidation sites excluding steroid dienone is 1. The largest absolute Gasteiger partial charge is 0.502 e. The predicted molar refractivity (Wildman–Crippen MR) is 75.4 cm³/mol. The first kappa shape index (κ1) is 17.5. The third kappa shape index (κ3) is 6.41. The lowest BCUT2D eigenvalue weighted by Gasteiger charge is -2.36. The summed E-state index contributed by atoms with van der Waals surface area (Å²) in [6, 6.07) is 0. The second kappa shape index (κ2) is 10.4. The van der Waals surface area contributed by atoms with E-state index in [0.717, 1.165) is 19.3 Å². The molecule has 0 rings (SSSR count). The van der Waals surface area contributed by atoms with Gasteiger partial charge in [-0.25, -0.2) is 0 Å². The van der Waals surface area contributed by atoms with Crippen molar-refractivity contribution in [3.63, 3.8) is 0 Å². The zero-order chi connectivity index (χ0) is 13.9. The van der Waals surface area contributed by atoms with Crippen molar-refractivity contribution in [2.75, 3.05) is 19.8 Å². The van der Waals surface area contributed by atoms with Gasteiger partial charge in [0.15, 0.2) is 5.79 Å². The summed E-state index contributed by atoms with van der Waals surface area (Å²) in [7, 11) is 0. The molecule has 1 atom stereocenters. The Balaban J connectivity index is 4.28. The fourth-order valence-electron chi connectivity index (χ4n) is 2.13. The maximum Gasteiger partial charge on any atom is 0.168 e. The Labute approximate surface area is 112 Å². The average molecular weight is 258 g/mol. The Kier molecular flexibility index (Phi) is 10.1. The van der Waals surface area contributed by atoms with Gasteiger partial charge in [0.25, 0.3) is 0 Å². The van der Waals surface area contributed by atoms with Gasteiger partial charge in [0.1, 0.15) is 0 Å². The number of ether oxygens (including phenoxy) is 3. The summed E-state index contributed by atoms with van der Waals surface area (Å²) in [5.41, 5.74) is 0. The van der Waals surface area contributed by atoms with E-state index in [1.54, 1.807) is 6.26 Å². The highest BCUT2D eigenvalue weighted by Gasteiger charge is 2.34. The van der Waals surface area contributed by atoms with Crippen LogP contribution in [0.3, 0.4) is 0 Å². The first-order chi connectivity index (χ1) is 8.64. The van der Waals surface area contributed by atoms with Crippen LogP contribution in [0.25, 0.3) is 0 Å². The van der Waals surface area contributed by atoms with Gasteiger partial charge in [0, 0.05) is 19.1 Å². The van der Waals surface area contributed by atoms with E-state index in [0.29, 0.717) is 25.7 Å². The van der Waals surface area contributed by atoms with Crippen LogP contribution in [-0.4, -0.2) is 25.6 Å². The van der Waals surface area contributed by atoms with E-state index < -0.39 is 5.79 Å². The SMILES string of the molecule is CCC=COCCC(CC)C(C)(OCC)OCC. The van der Waals surface area contributed by atoms with Crippen LogP contribution in [0.15, 0.2) is 12.3 Å². The molecule has 0 aliphatic carbocycles. The average Bonchev–Trinajstić information content (AvgIpc) is 2.34. The highest BCUT2D eigenvalue weighted by atomic mass is 16.7. The molecule has 1 unspecified atom stereocenters. The van der Waals surface area contributed by atoms with Crippen LogP contribution in [0, 0.1) is 5.92 Å². The van der Waals surface area contributed by atoms with Crippen molar-refractivity contribution in [1.82, 2.24) is 0 Å². The molecule has 0 aliphatic rings.